The first-order chi connectivity index (χ1) is 11.1. The molecule has 1 aliphatic carbocycles. The van der Waals surface area contributed by atoms with Crippen LogP contribution in [-0.4, -0.2) is 16.4 Å². The number of carbonyl (C=O) groups excluding carboxylic acids is 1. The van der Waals surface area contributed by atoms with Gasteiger partial charge in [-0.05, 0) is 41.8 Å². The predicted molar refractivity (Wildman–Crippen MR) is 98.2 cm³/mol. The van der Waals surface area contributed by atoms with Crippen LogP contribution in [0.25, 0.3) is 0 Å². The van der Waals surface area contributed by atoms with E-state index in [0.29, 0.717) is 5.56 Å². The molecule has 1 aliphatic rings. The number of rotatable bonds is 4. The molecule has 6 heteroatoms. The van der Waals surface area contributed by atoms with Gasteiger partial charge in [-0.25, -0.2) is 9.82 Å². The molecule has 24 heavy (non-hydrogen) atoms. The summed E-state index contributed by atoms with van der Waals surface area (Å²) in [6.45, 7) is 6.32. The summed E-state index contributed by atoms with van der Waals surface area (Å²) in [5.41, 5.74) is 11.4. The number of hydrogen-bond acceptors (Lipinski definition) is 3. The van der Waals surface area contributed by atoms with Gasteiger partial charge in [0, 0.05) is 5.56 Å². The Balaban J connectivity index is 2.31. The highest BCUT2D eigenvalue weighted by molar-refractivity contribution is 7.80. The molecule has 1 unspecified atom stereocenters. The van der Waals surface area contributed by atoms with Gasteiger partial charge in [0.25, 0.3) is 0 Å². The normalized spacial score (nSPS) is 20.4. The highest BCUT2D eigenvalue weighted by atomic mass is 32.1. The zero-order chi connectivity index (χ0) is 18.0. The monoisotopic (exact) mass is 347 g/mol. The lowest BCUT2D eigenvalue weighted by Gasteiger charge is -2.31. The van der Waals surface area contributed by atoms with E-state index in [4.69, 9.17) is 18.0 Å². The largest absolute Gasteiger partial charge is 0.375 e. The van der Waals surface area contributed by atoms with E-state index in [2.05, 4.69) is 31.6 Å². The van der Waals surface area contributed by atoms with Crippen LogP contribution in [0.15, 0.2) is 48.3 Å². The van der Waals surface area contributed by atoms with Gasteiger partial charge < -0.3 is 5.73 Å². The average molecular weight is 347 g/mol. The Morgan fingerprint density at radius 3 is 2.38 bits per heavy atom. The summed E-state index contributed by atoms with van der Waals surface area (Å²) in [5, 5.41) is 0.00804. The van der Waals surface area contributed by atoms with Crippen molar-refractivity contribution in [1.29, 1.82) is 0 Å². The SMILES string of the molecule is CC(C)(C)c1ccc(C(=O)C2(NNC(N)=S)C=CC(F)=CC2)cc1. The molecule has 0 aromatic heterocycles. The maximum absolute atomic E-state index is 13.3. The fourth-order valence-corrected chi connectivity index (χ4v) is 2.54. The second kappa shape index (κ2) is 6.83. The molecule has 0 aliphatic heterocycles. The molecule has 0 saturated heterocycles. The predicted octanol–water partition coefficient (Wildman–Crippen LogP) is 3.06. The first kappa shape index (κ1) is 18.3. The van der Waals surface area contributed by atoms with Crippen molar-refractivity contribution in [2.75, 3.05) is 0 Å². The first-order valence-corrected chi connectivity index (χ1v) is 8.08. The van der Waals surface area contributed by atoms with Crippen LogP contribution in [-0.2, 0) is 5.41 Å². The van der Waals surface area contributed by atoms with Crippen molar-refractivity contribution in [1.82, 2.24) is 10.9 Å². The number of allylic oxidation sites excluding steroid dienone is 2. The van der Waals surface area contributed by atoms with E-state index >= 15 is 0 Å². The van der Waals surface area contributed by atoms with Crippen LogP contribution in [0.3, 0.4) is 0 Å². The summed E-state index contributed by atoms with van der Waals surface area (Å²) >= 11 is 4.78. The Kier molecular flexibility index (Phi) is 5.20. The van der Waals surface area contributed by atoms with Crippen LogP contribution >= 0.6 is 12.2 Å². The molecular formula is C18H22FN3OS. The lowest BCUT2D eigenvalue weighted by molar-refractivity contribution is 0.0885. The number of ketones is 1. The highest BCUT2D eigenvalue weighted by Crippen LogP contribution is 2.27. The molecule has 0 heterocycles. The number of benzene rings is 1. The molecule has 0 amide bonds. The number of nitrogens with two attached hydrogens (primary N) is 1. The van der Waals surface area contributed by atoms with E-state index in [-0.39, 0.29) is 28.6 Å². The summed E-state index contributed by atoms with van der Waals surface area (Å²) < 4.78 is 13.3. The minimum atomic E-state index is -1.14. The Bertz CT molecular complexity index is 704. The lowest BCUT2D eigenvalue weighted by Crippen LogP contribution is -2.59. The van der Waals surface area contributed by atoms with Crippen LogP contribution in [0.5, 0.6) is 0 Å². The molecule has 0 radical (unpaired) electrons. The number of hydrogen-bond donors (Lipinski definition) is 3. The van der Waals surface area contributed by atoms with E-state index in [1.54, 1.807) is 12.1 Å². The van der Waals surface area contributed by atoms with Crippen LogP contribution in [0.1, 0.15) is 43.1 Å². The van der Waals surface area contributed by atoms with Crippen molar-refractivity contribution in [2.45, 2.75) is 38.1 Å². The third-order valence-electron chi connectivity index (χ3n) is 3.97. The average Bonchev–Trinajstić information content (AvgIpc) is 2.53. The van der Waals surface area contributed by atoms with Gasteiger partial charge in [0.2, 0.25) is 0 Å². The van der Waals surface area contributed by atoms with Gasteiger partial charge in [-0.3, -0.25) is 10.2 Å². The summed E-state index contributed by atoms with van der Waals surface area (Å²) in [6, 6.07) is 7.45. The zero-order valence-electron chi connectivity index (χ0n) is 14.0. The van der Waals surface area contributed by atoms with Gasteiger partial charge in [-0.2, -0.15) is 0 Å². The minimum Gasteiger partial charge on any atom is -0.375 e. The van der Waals surface area contributed by atoms with Gasteiger partial charge in [0.1, 0.15) is 11.4 Å². The Labute approximate surface area is 147 Å². The topological polar surface area (TPSA) is 67.2 Å². The van der Waals surface area contributed by atoms with E-state index in [1.165, 1.54) is 18.2 Å². The number of carbonyl (C=O) groups is 1. The summed E-state index contributed by atoms with van der Waals surface area (Å²) in [4.78, 5) is 13.0. The van der Waals surface area contributed by atoms with Crippen LogP contribution in [0, 0.1) is 0 Å². The standard InChI is InChI=1S/C18H22FN3OS/c1-17(2,3)13-6-4-12(5-7-13)15(23)18(22-21-16(20)24)10-8-14(19)9-11-18/h4-10,22H,11H2,1-3H3,(H3,20,21,24). The van der Waals surface area contributed by atoms with E-state index in [1.807, 2.05) is 12.1 Å². The zero-order valence-corrected chi connectivity index (χ0v) is 14.8. The molecule has 0 saturated carbocycles. The van der Waals surface area contributed by atoms with Crippen LogP contribution in [0.2, 0.25) is 0 Å². The maximum Gasteiger partial charge on any atom is 0.188 e. The maximum atomic E-state index is 13.3. The molecule has 4 nitrogen and oxygen atoms in total. The third-order valence-corrected chi connectivity index (χ3v) is 4.08. The number of hydrazine groups is 1. The second-order valence-corrected chi connectivity index (χ2v) is 7.31. The summed E-state index contributed by atoms with van der Waals surface area (Å²) in [5.74, 6) is -0.565. The van der Waals surface area contributed by atoms with Gasteiger partial charge in [0.15, 0.2) is 10.9 Å². The molecule has 1 aromatic carbocycles. The molecule has 4 N–H and O–H groups in total. The van der Waals surface area contributed by atoms with Crippen molar-refractivity contribution in [3.63, 3.8) is 0 Å². The fraction of sp³-hybridized carbons (Fsp3) is 0.333. The Morgan fingerprint density at radius 1 is 1.29 bits per heavy atom. The second-order valence-electron chi connectivity index (χ2n) is 6.87. The van der Waals surface area contributed by atoms with Crippen molar-refractivity contribution in [3.05, 3.63) is 59.4 Å². The van der Waals surface area contributed by atoms with Gasteiger partial charge in [0.05, 0.1) is 0 Å². The summed E-state index contributed by atoms with van der Waals surface area (Å²) in [7, 11) is 0. The smallest absolute Gasteiger partial charge is 0.188 e. The first-order valence-electron chi connectivity index (χ1n) is 7.67. The van der Waals surface area contributed by atoms with Gasteiger partial charge >= 0.3 is 0 Å². The van der Waals surface area contributed by atoms with Crippen molar-refractivity contribution in [2.24, 2.45) is 5.73 Å². The molecule has 0 fully saturated rings. The molecule has 1 atom stereocenters. The molecular weight excluding hydrogens is 325 g/mol. The number of nitrogens with one attached hydrogen (secondary N) is 2. The molecule has 0 bridgehead atoms. The van der Waals surface area contributed by atoms with Gasteiger partial charge in [-0.1, -0.05) is 51.1 Å². The quantitative estimate of drug-likeness (QED) is 0.444. The Morgan fingerprint density at radius 2 is 1.92 bits per heavy atom. The van der Waals surface area contributed by atoms with Crippen LogP contribution < -0.4 is 16.6 Å². The molecule has 2 rings (SSSR count). The minimum absolute atomic E-state index is 0.00140. The van der Waals surface area contributed by atoms with E-state index in [9.17, 15) is 9.18 Å². The van der Waals surface area contributed by atoms with Gasteiger partial charge in [-0.15, -0.1) is 0 Å². The Hall–Kier alpha value is -2.05. The fourth-order valence-electron chi connectivity index (χ4n) is 2.49. The lowest BCUT2D eigenvalue weighted by atomic mass is 9.82. The molecule has 0 spiro atoms. The molecule has 1 aromatic rings. The summed E-state index contributed by atoms with van der Waals surface area (Å²) in [6.07, 6.45) is 4.27. The van der Waals surface area contributed by atoms with Crippen molar-refractivity contribution >= 4 is 23.1 Å². The molecule has 128 valence electrons. The van der Waals surface area contributed by atoms with Crippen LogP contribution in [0.4, 0.5) is 4.39 Å². The van der Waals surface area contributed by atoms with Crippen molar-refractivity contribution < 1.29 is 9.18 Å². The number of halogens is 1. The highest BCUT2D eigenvalue weighted by Gasteiger charge is 2.37. The van der Waals surface area contributed by atoms with Crippen molar-refractivity contribution in [3.8, 4) is 0 Å². The van der Waals surface area contributed by atoms with E-state index < -0.39 is 5.54 Å². The third kappa shape index (κ3) is 4.07. The number of Topliss-reactive ketones (excluding diaryl/α,β-unsaturated/α-hetero) is 1. The number of thiocarbonyl (C=S) groups is 1. The van der Waals surface area contributed by atoms with E-state index in [0.717, 1.165) is 5.56 Å².